The molecule has 0 spiro atoms. The molecule has 0 aromatic heterocycles. The van der Waals surface area contributed by atoms with E-state index in [2.05, 4.69) is 34.2 Å². The predicted octanol–water partition coefficient (Wildman–Crippen LogP) is 1.73. The molecule has 1 heterocycles. The van der Waals surface area contributed by atoms with E-state index in [4.69, 9.17) is 4.74 Å². The number of hydrogen-bond acceptors (Lipinski definition) is 4. The van der Waals surface area contributed by atoms with Crippen molar-refractivity contribution in [2.75, 3.05) is 46.4 Å². The molecule has 5 heteroatoms. The van der Waals surface area contributed by atoms with Crippen LogP contribution in [0.5, 0.6) is 5.75 Å². The number of para-hydroxylation sites is 1. The third-order valence-electron chi connectivity index (χ3n) is 4.27. The molecule has 1 aromatic carbocycles. The number of nitrogens with zero attached hydrogens (tertiary/aromatic N) is 2. The molecule has 1 amide bonds. The van der Waals surface area contributed by atoms with Crippen molar-refractivity contribution in [2.24, 2.45) is 0 Å². The van der Waals surface area contributed by atoms with Gasteiger partial charge in [0.05, 0.1) is 13.7 Å². The fourth-order valence-electron chi connectivity index (χ4n) is 2.84. The van der Waals surface area contributed by atoms with E-state index in [0.717, 1.165) is 57.9 Å². The van der Waals surface area contributed by atoms with Gasteiger partial charge in [0.2, 0.25) is 5.91 Å². The summed E-state index contributed by atoms with van der Waals surface area (Å²) in [5.41, 5.74) is 1.22. The lowest BCUT2D eigenvalue weighted by molar-refractivity contribution is -0.122. The first-order valence-electron chi connectivity index (χ1n) is 8.56. The van der Waals surface area contributed by atoms with Gasteiger partial charge < -0.3 is 10.1 Å². The standard InChI is InChI=1S/C18H29N3O2/c1-3-4-9-19-18(22)15-21-12-10-20(11-13-21)14-16-7-5-6-8-17(16)23-2/h5-8H,3-4,9-15H2,1-2H3,(H,19,22). The highest BCUT2D eigenvalue weighted by Crippen LogP contribution is 2.19. The fraction of sp³-hybridized carbons (Fsp3) is 0.611. The molecule has 0 atom stereocenters. The van der Waals surface area contributed by atoms with Gasteiger partial charge in [-0.15, -0.1) is 0 Å². The van der Waals surface area contributed by atoms with E-state index in [9.17, 15) is 4.79 Å². The number of unbranched alkanes of at least 4 members (excludes halogenated alkanes) is 1. The van der Waals surface area contributed by atoms with E-state index in [1.807, 2.05) is 12.1 Å². The highest BCUT2D eigenvalue weighted by atomic mass is 16.5. The second-order valence-corrected chi connectivity index (χ2v) is 6.07. The Morgan fingerprint density at radius 3 is 2.57 bits per heavy atom. The molecule has 0 saturated carbocycles. The maximum absolute atomic E-state index is 11.9. The van der Waals surface area contributed by atoms with Crippen molar-refractivity contribution in [3.8, 4) is 5.75 Å². The maximum atomic E-state index is 11.9. The zero-order valence-electron chi connectivity index (χ0n) is 14.4. The van der Waals surface area contributed by atoms with Crippen molar-refractivity contribution in [3.63, 3.8) is 0 Å². The number of piperazine rings is 1. The van der Waals surface area contributed by atoms with E-state index in [1.165, 1.54) is 5.56 Å². The number of hydrogen-bond donors (Lipinski definition) is 1. The van der Waals surface area contributed by atoms with Crippen molar-refractivity contribution >= 4 is 5.91 Å². The number of carbonyl (C=O) groups is 1. The van der Waals surface area contributed by atoms with Gasteiger partial charge in [0.1, 0.15) is 5.75 Å². The van der Waals surface area contributed by atoms with Crippen LogP contribution in [0.1, 0.15) is 25.3 Å². The average Bonchev–Trinajstić information content (AvgIpc) is 2.57. The highest BCUT2D eigenvalue weighted by Gasteiger charge is 2.19. The van der Waals surface area contributed by atoms with Crippen LogP contribution in [-0.2, 0) is 11.3 Å². The van der Waals surface area contributed by atoms with Crippen LogP contribution in [0.4, 0.5) is 0 Å². The lowest BCUT2D eigenvalue weighted by Crippen LogP contribution is -2.49. The Hall–Kier alpha value is -1.59. The average molecular weight is 319 g/mol. The summed E-state index contributed by atoms with van der Waals surface area (Å²) in [5, 5.41) is 2.99. The molecular weight excluding hydrogens is 290 g/mol. The van der Waals surface area contributed by atoms with Crippen LogP contribution in [0, 0.1) is 0 Å². The Morgan fingerprint density at radius 2 is 1.87 bits per heavy atom. The van der Waals surface area contributed by atoms with E-state index >= 15 is 0 Å². The third-order valence-corrected chi connectivity index (χ3v) is 4.27. The molecule has 2 rings (SSSR count). The monoisotopic (exact) mass is 319 g/mol. The summed E-state index contributed by atoms with van der Waals surface area (Å²) in [5.74, 6) is 1.10. The molecule has 0 bridgehead atoms. The number of carbonyl (C=O) groups excluding carboxylic acids is 1. The van der Waals surface area contributed by atoms with Crippen molar-refractivity contribution in [1.29, 1.82) is 0 Å². The highest BCUT2D eigenvalue weighted by molar-refractivity contribution is 5.77. The number of ether oxygens (including phenoxy) is 1. The number of benzene rings is 1. The smallest absolute Gasteiger partial charge is 0.234 e. The third kappa shape index (κ3) is 5.84. The van der Waals surface area contributed by atoms with Crippen molar-refractivity contribution in [3.05, 3.63) is 29.8 Å². The minimum Gasteiger partial charge on any atom is -0.496 e. The number of amides is 1. The van der Waals surface area contributed by atoms with Gasteiger partial charge in [-0.2, -0.15) is 0 Å². The second kappa shape index (κ2) is 9.53. The van der Waals surface area contributed by atoms with Gasteiger partial charge in [-0.1, -0.05) is 31.5 Å². The van der Waals surface area contributed by atoms with Crippen LogP contribution in [0.25, 0.3) is 0 Å². The summed E-state index contributed by atoms with van der Waals surface area (Å²) in [6.45, 7) is 8.20. The minimum absolute atomic E-state index is 0.150. The van der Waals surface area contributed by atoms with E-state index in [0.29, 0.717) is 6.54 Å². The first-order valence-corrected chi connectivity index (χ1v) is 8.56. The van der Waals surface area contributed by atoms with Gasteiger partial charge >= 0.3 is 0 Å². The van der Waals surface area contributed by atoms with Crippen LogP contribution >= 0.6 is 0 Å². The van der Waals surface area contributed by atoms with E-state index in [1.54, 1.807) is 7.11 Å². The minimum atomic E-state index is 0.150. The SMILES string of the molecule is CCCCNC(=O)CN1CCN(Cc2ccccc2OC)CC1. The zero-order valence-corrected chi connectivity index (χ0v) is 14.4. The van der Waals surface area contributed by atoms with Gasteiger partial charge in [-0.25, -0.2) is 0 Å². The van der Waals surface area contributed by atoms with Crippen LogP contribution in [0.3, 0.4) is 0 Å². The Balaban J connectivity index is 1.72. The van der Waals surface area contributed by atoms with Crippen LogP contribution in [0.15, 0.2) is 24.3 Å². The predicted molar refractivity (Wildman–Crippen MR) is 92.6 cm³/mol. The summed E-state index contributed by atoms with van der Waals surface area (Å²) < 4.78 is 5.42. The lowest BCUT2D eigenvalue weighted by atomic mass is 10.1. The molecule has 1 aliphatic heterocycles. The van der Waals surface area contributed by atoms with Crippen LogP contribution in [0.2, 0.25) is 0 Å². The Labute approximate surface area is 139 Å². The number of methoxy groups -OCH3 is 1. The molecule has 0 radical (unpaired) electrons. The summed E-state index contributed by atoms with van der Waals surface area (Å²) in [7, 11) is 1.72. The van der Waals surface area contributed by atoms with E-state index < -0.39 is 0 Å². The topological polar surface area (TPSA) is 44.8 Å². The Bertz CT molecular complexity index is 485. The van der Waals surface area contributed by atoms with Crippen molar-refractivity contribution in [2.45, 2.75) is 26.3 Å². The maximum Gasteiger partial charge on any atom is 0.234 e. The zero-order chi connectivity index (χ0) is 16.5. The van der Waals surface area contributed by atoms with Gasteiger partial charge in [-0.05, 0) is 12.5 Å². The molecule has 0 aliphatic carbocycles. The van der Waals surface area contributed by atoms with Crippen LogP contribution < -0.4 is 10.1 Å². The molecule has 1 aromatic rings. The van der Waals surface area contributed by atoms with Gasteiger partial charge in [-0.3, -0.25) is 14.6 Å². The first-order chi connectivity index (χ1) is 11.2. The molecule has 1 N–H and O–H groups in total. The summed E-state index contributed by atoms with van der Waals surface area (Å²) in [6, 6.07) is 8.17. The van der Waals surface area contributed by atoms with E-state index in [-0.39, 0.29) is 5.91 Å². The van der Waals surface area contributed by atoms with Crippen molar-refractivity contribution in [1.82, 2.24) is 15.1 Å². The lowest BCUT2D eigenvalue weighted by Gasteiger charge is -2.34. The van der Waals surface area contributed by atoms with Gasteiger partial charge in [0.15, 0.2) is 0 Å². The largest absolute Gasteiger partial charge is 0.496 e. The Kier molecular flexibility index (Phi) is 7.36. The summed E-state index contributed by atoms with van der Waals surface area (Å²) >= 11 is 0. The molecule has 1 saturated heterocycles. The number of nitrogens with one attached hydrogen (secondary N) is 1. The molecular formula is C18H29N3O2. The van der Waals surface area contributed by atoms with Gasteiger partial charge in [0.25, 0.3) is 0 Å². The van der Waals surface area contributed by atoms with Gasteiger partial charge in [0, 0.05) is 44.8 Å². The summed E-state index contributed by atoms with van der Waals surface area (Å²) in [6.07, 6.45) is 2.17. The first kappa shape index (κ1) is 17.8. The second-order valence-electron chi connectivity index (χ2n) is 6.07. The molecule has 1 fully saturated rings. The fourth-order valence-corrected chi connectivity index (χ4v) is 2.84. The molecule has 128 valence electrons. The Morgan fingerprint density at radius 1 is 1.17 bits per heavy atom. The van der Waals surface area contributed by atoms with Crippen molar-refractivity contribution < 1.29 is 9.53 Å². The molecule has 5 nitrogen and oxygen atoms in total. The molecule has 23 heavy (non-hydrogen) atoms. The normalized spacial score (nSPS) is 16.3. The summed E-state index contributed by atoms with van der Waals surface area (Å²) in [4.78, 5) is 16.5. The molecule has 1 aliphatic rings. The molecule has 0 unspecified atom stereocenters. The number of rotatable bonds is 8. The van der Waals surface area contributed by atoms with Crippen LogP contribution in [-0.4, -0.2) is 62.1 Å². The quantitative estimate of drug-likeness (QED) is 0.741.